The summed E-state index contributed by atoms with van der Waals surface area (Å²) in [6.07, 6.45) is -2.89. The van der Waals surface area contributed by atoms with Crippen LogP contribution in [0.1, 0.15) is 16.0 Å². The molecule has 0 bridgehead atoms. The molecule has 10 heteroatoms. The third kappa shape index (κ3) is 3.22. The molecule has 1 aliphatic rings. The molecule has 0 atom stereocenters. The van der Waals surface area contributed by atoms with E-state index in [1.165, 1.54) is 18.4 Å². The zero-order valence-electron chi connectivity index (χ0n) is 12.0. The second kappa shape index (κ2) is 6.14. The van der Waals surface area contributed by atoms with E-state index in [9.17, 15) is 13.2 Å². The highest BCUT2D eigenvalue weighted by Gasteiger charge is 2.35. The van der Waals surface area contributed by atoms with Gasteiger partial charge in [0.1, 0.15) is 16.4 Å². The van der Waals surface area contributed by atoms with Crippen LogP contribution < -0.4 is 16.0 Å². The summed E-state index contributed by atoms with van der Waals surface area (Å²) in [4.78, 5) is 8.79. The van der Waals surface area contributed by atoms with E-state index >= 15 is 0 Å². The first-order valence-electron chi connectivity index (χ1n) is 6.80. The molecule has 0 spiro atoms. The zero-order chi connectivity index (χ0) is 16.6. The van der Waals surface area contributed by atoms with Crippen molar-refractivity contribution in [1.82, 2.24) is 15.3 Å². The highest BCUT2D eigenvalue weighted by molar-refractivity contribution is 7.17. The molecule has 2 aromatic rings. The summed E-state index contributed by atoms with van der Waals surface area (Å²) in [6.45, 7) is 1.56. The minimum absolute atomic E-state index is 0.0656. The highest BCUT2D eigenvalue weighted by Crippen LogP contribution is 2.40. The van der Waals surface area contributed by atoms with Gasteiger partial charge in [-0.2, -0.15) is 18.2 Å². The van der Waals surface area contributed by atoms with Gasteiger partial charge in [-0.3, -0.25) is 0 Å². The fourth-order valence-electron chi connectivity index (χ4n) is 2.30. The lowest BCUT2D eigenvalue weighted by molar-refractivity contribution is -0.137. The number of rotatable bonds is 3. The molecule has 2 aromatic heterocycles. The van der Waals surface area contributed by atoms with Crippen molar-refractivity contribution in [3.63, 3.8) is 0 Å². The van der Waals surface area contributed by atoms with Gasteiger partial charge in [-0.25, -0.2) is 4.98 Å². The van der Waals surface area contributed by atoms with Gasteiger partial charge >= 0.3 is 6.18 Å². The van der Waals surface area contributed by atoms with Gasteiger partial charge in [0.25, 0.3) is 0 Å². The Kier molecular flexibility index (Phi) is 4.35. The summed E-state index contributed by atoms with van der Waals surface area (Å²) < 4.78 is 38.5. The number of halogens is 4. The zero-order valence-corrected chi connectivity index (χ0v) is 13.6. The van der Waals surface area contributed by atoms with E-state index in [4.69, 9.17) is 11.6 Å². The first-order valence-corrected chi connectivity index (χ1v) is 7.99. The van der Waals surface area contributed by atoms with Crippen molar-refractivity contribution >= 4 is 39.7 Å². The first-order chi connectivity index (χ1) is 10.9. The normalized spacial score (nSPS) is 14.5. The summed E-state index contributed by atoms with van der Waals surface area (Å²) in [6, 6.07) is 0. The number of thiophene rings is 1. The van der Waals surface area contributed by atoms with Crippen molar-refractivity contribution in [2.75, 3.05) is 24.2 Å². The van der Waals surface area contributed by atoms with E-state index in [-0.39, 0.29) is 11.8 Å². The van der Waals surface area contributed by atoms with Gasteiger partial charge in [0.05, 0.1) is 5.02 Å². The van der Waals surface area contributed by atoms with Crippen LogP contribution in [0.25, 0.3) is 0 Å². The number of hydrogen-bond donors (Lipinski definition) is 3. The Morgan fingerprint density at radius 1 is 1.39 bits per heavy atom. The molecule has 23 heavy (non-hydrogen) atoms. The average molecular weight is 364 g/mol. The van der Waals surface area contributed by atoms with Gasteiger partial charge in [-0.05, 0) is 6.42 Å². The van der Waals surface area contributed by atoms with Crippen LogP contribution in [0.15, 0.2) is 6.20 Å². The Morgan fingerprint density at radius 2 is 2.17 bits per heavy atom. The SMILES string of the molecule is CNc1nc(Nc2sc3c(c2Cl)CNCC3)ncc1C(F)(F)F. The molecule has 3 rings (SSSR count). The summed E-state index contributed by atoms with van der Waals surface area (Å²) in [5, 5.41) is 9.79. The number of aromatic nitrogens is 2. The Labute approximate surface area is 139 Å². The standard InChI is InChI=1S/C13H13ClF3N5S/c1-18-10-7(13(15,16)17)5-20-12(21-10)22-11-9(14)6-4-19-3-2-8(6)23-11/h5,19H,2-4H2,1H3,(H2,18,20,21,22). The predicted molar refractivity (Wildman–Crippen MR) is 84.6 cm³/mol. The fraction of sp³-hybridized carbons (Fsp3) is 0.385. The topological polar surface area (TPSA) is 61.9 Å². The lowest BCUT2D eigenvalue weighted by Gasteiger charge is -2.12. The van der Waals surface area contributed by atoms with E-state index in [0.29, 0.717) is 16.6 Å². The van der Waals surface area contributed by atoms with Gasteiger partial charge in [0, 0.05) is 36.8 Å². The van der Waals surface area contributed by atoms with Crippen LogP contribution in [0, 0.1) is 0 Å². The van der Waals surface area contributed by atoms with Crippen molar-refractivity contribution in [2.24, 2.45) is 0 Å². The van der Waals surface area contributed by atoms with Crippen molar-refractivity contribution in [2.45, 2.75) is 19.1 Å². The largest absolute Gasteiger partial charge is 0.421 e. The van der Waals surface area contributed by atoms with Gasteiger partial charge in [-0.1, -0.05) is 11.6 Å². The molecule has 5 nitrogen and oxygen atoms in total. The smallest absolute Gasteiger partial charge is 0.372 e. The van der Waals surface area contributed by atoms with Crippen LogP contribution in [0.5, 0.6) is 0 Å². The Balaban J connectivity index is 1.90. The molecule has 0 aliphatic carbocycles. The number of hydrogen-bond acceptors (Lipinski definition) is 6. The van der Waals surface area contributed by atoms with Gasteiger partial charge < -0.3 is 16.0 Å². The van der Waals surface area contributed by atoms with Crippen molar-refractivity contribution < 1.29 is 13.2 Å². The Morgan fingerprint density at radius 3 is 2.83 bits per heavy atom. The summed E-state index contributed by atoms with van der Waals surface area (Å²) in [5.74, 6) is -0.218. The monoisotopic (exact) mass is 363 g/mol. The molecular formula is C13H13ClF3N5S. The number of nitrogens with zero attached hydrogens (tertiary/aromatic N) is 2. The van der Waals surface area contributed by atoms with Gasteiger partial charge in [0.15, 0.2) is 0 Å². The number of fused-ring (bicyclic) bond motifs is 1. The summed E-state index contributed by atoms with van der Waals surface area (Å²) >= 11 is 7.80. The summed E-state index contributed by atoms with van der Waals surface area (Å²) in [7, 11) is 1.38. The van der Waals surface area contributed by atoms with Gasteiger partial charge in [-0.15, -0.1) is 11.3 Å². The maximum atomic E-state index is 12.8. The van der Waals surface area contributed by atoms with Gasteiger partial charge in [0.2, 0.25) is 5.95 Å². The molecule has 0 saturated carbocycles. The Hall–Kier alpha value is -1.58. The van der Waals surface area contributed by atoms with E-state index in [2.05, 4.69) is 25.9 Å². The molecule has 3 heterocycles. The maximum absolute atomic E-state index is 12.8. The molecular weight excluding hydrogens is 351 g/mol. The molecule has 0 fully saturated rings. The molecule has 0 radical (unpaired) electrons. The lowest BCUT2D eigenvalue weighted by Crippen LogP contribution is -2.22. The third-order valence-electron chi connectivity index (χ3n) is 3.41. The molecule has 1 aliphatic heterocycles. The van der Waals surface area contributed by atoms with E-state index in [0.717, 1.165) is 29.6 Å². The highest BCUT2D eigenvalue weighted by atomic mass is 35.5. The number of alkyl halides is 3. The third-order valence-corrected chi connectivity index (χ3v) is 5.15. The lowest BCUT2D eigenvalue weighted by atomic mass is 10.1. The van der Waals surface area contributed by atoms with Crippen LogP contribution >= 0.6 is 22.9 Å². The maximum Gasteiger partial charge on any atom is 0.421 e. The van der Waals surface area contributed by atoms with Crippen molar-refractivity contribution in [1.29, 1.82) is 0 Å². The molecule has 124 valence electrons. The second-order valence-corrected chi connectivity index (χ2v) is 6.39. The quantitative estimate of drug-likeness (QED) is 0.777. The molecule has 0 unspecified atom stereocenters. The number of nitrogens with one attached hydrogen (secondary N) is 3. The van der Waals surface area contributed by atoms with Crippen LogP contribution in [-0.4, -0.2) is 23.6 Å². The predicted octanol–water partition coefficient (Wildman–Crippen LogP) is 3.64. The van der Waals surface area contributed by atoms with E-state index in [1.807, 2.05) is 0 Å². The minimum atomic E-state index is -4.51. The molecule has 0 aromatic carbocycles. The molecule has 3 N–H and O–H groups in total. The minimum Gasteiger partial charge on any atom is -0.372 e. The molecule has 0 saturated heterocycles. The van der Waals surface area contributed by atoms with Crippen LogP contribution in [0.4, 0.5) is 29.9 Å². The van der Waals surface area contributed by atoms with Crippen molar-refractivity contribution in [3.05, 3.63) is 27.2 Å². The van der Waals surface area contributed by atoms with Crippen LogP contribution in [-0.2, 0) is 19.1 Å². The van der Waals surface area contributed by atoms with Crippen LogP contribution in [0.3, 0.4) is 0 Å². The van der Waals surface area contributed by atoms with E-state index in [1.54, 1.807) is 0 Å². The fourth-order valence-corrected chi connectivity index (χ4v) is 3.81. The van der Waals surface area contributed by atoms with Crippen molar-refractivity contribution in [3.8, 4) is 0 Å². The number of anilines is 3. The first kappa shape index (κ1) is 16.3. The van der Waals surface area contributed by atoms with Crippen LogP contribution in [0.2, 0.25) is 5.02 Å². The second-order valence-electron chi connectivity index (χ2n) is 4.90. The van der Waals surface area contributed by atoms with E-state index < -0.39 is 11.7 Å². The summed E-state index contributed by atoms with van der Waals surface area (Å²) in [5.41, 5.74) is 0.109. The Bertz CT molecular complexity index is 731. The average Bonchev–Trinajstić information content (AvgIpc) is 2.83. The molecule has 0 amide bonds.